The van der Waals surface area contributed by atoms with Crippen LogP contribution in [0.5, 0.6) is 0 Å². The normalized spacial score (nSPS) is 21.8. The van der Waals surface area contributed by atoms with Crippen LogP contribution in [0.1, 0.15) is 50.2 Å². The molecule has 0 amide bonds. The van der Waals surface area contributed by atoms with Crippen LogP contribution in [0.2, 0.25) is 0 Å². The van der Waals surface area contributed by atoms with E-state index in [1.165, 1.54) is 59.5 Å². The van der Waals surface area contributed by atoms with Gasteiger partial charge in [0.2, 0.25) is 0 Å². The third-order valence-electron chi connectivity index (χ3n) is 5.65. The lowest BCUT2D eigenvalue weighted by atomic mass is 9.88. The van der Waals surface area contributed by atoms with Gasteiger partial charge in [0.15, 0.2) is 0 Å². The fourth-order valence-electron chi connectivity index (χ4n) is 4.30. The molecule has 130 valence electrons. The van der Waals surface area contributed by atoms with Crippen molar-refractivity contribution in [1.29, 1.82) is 0 Å². The van der Waals surface area contributed by atoms with Crippen molar-refractivity contribution in [3.05, 3.63) is 71.4 Å². The number of hydrogen-bond donors (Lipinski definition) is 0. The minimum atomic E-state index is 0.539. The van der Waals surface area contributed by atoms with E-state index in [1.807, 2.05) is 0 Å². The van der Waals surface area contributed by atoms with E-state index in [2.05, 4.69) is 85.1 Å². The molecule has 2 heteroatoms. The van der Waals surface area contributed by atoms with Gasteiger partial charge in [-0.2, -0.15) is 0 Å². The van der Waals surface area contributed by atoms with E-state index in [-0.39, 0.29) is 0 Å². The van der Waals surface area contributed by atoms with Gasteiger partial charge in [-0.1, -0.05) is 79.6 Å². The molecule has 0 bridgehead atoms. The molecule has 0 N–H and O–H groups in total. The zero-order chi connectivity index (χ0) is 17.2. The van der Waals surface area contributed by atoms with Crippen molar-refractivity contribution >= 4 is 22.4 Å². The van der Waals surface area contributed by atoms with Crippen LogP contribution < -0.4 is 4.90 Å². The van der Waals surface area contributed by atoms with Gasteiger partial charge >= 0.3 is 0 Å². The van der Waals surface area contributed by atoms with Gasteiger partial charge in [-0.05, 0) is 49.8 Å². The van der Waals surface area contributed by atoms with Crippen LogP contribution in [0, 0.1) is 12.8 Å². The molecule has 1 fully saturated rings. The monoisotopic (exact) mass is 349 g/mol. The summed E-state index contributed by atoms with van der Waals surface area (Å²) >= 11 is 2.10. The van der Waals surface area contributed by atoms with Gasteiger partial charge in [-0.15, -0.1) is 0 Å². The number of rotatable bonds is 3. The maximum Gasteiger partial charge on any atom is 0.0871 e. The van der Waals surface area contributed by atoms with Crippen LogP contribution in [0.4, 0.5) is 5.69 Å². The lowest BCUT2D eigenvalue weighted by Gasteiger charge is -2.36. The van der Waals surface area contributed by atoms with E-state index in [9.17, 15) is 0 Å². The molecule has 1 saturated carbocycles. The summed E-state index contributed by atoms with van der Waals surface area (Å²) in [4.78, 5) is 4.10. The molecule has 1 aliphatic heterocycles. The number of thioether (sulfide) groups is 1. The van der Waals surface area contributed by atoms with Crippen LogP contribution in [0.25, 0.3) is 4.91 Å². The standard InChI is InChI=1S/C23H27NS/c1-17-11-9-10-16-21(17)24-18(2)22(19-12-5-3-6-13-19)25-23(24)20-14-7-4-8-15-20/h3,5-6,9-13,16,20,23H,4,7-8,14-15H2,1-2H3. The average molecular weight is 350 g/mol. The van der Waals surface area contributed by atoms with Crippen LogP contribution >= 0.6 is 11.8 Å². The van der Waals surface area contributed by atoms with Crippen molar-refractivity contribution in [3.8, 4) is 0 Å². The highest BCUT2D eigenvalue weighted by Crippen LogP contribution is 2.51. The molecule has 0 spiro atoms. The first-order valence-corrected chi connectivity index (χ1v) is 10.4. The maximum atomic E-state index is 2.64. The molecule has 0 saturated heterocycles. The van der Waals surface area contributed by atoms with Gasteiger partial charge in [-0.3, -0.25) is 0 Å². The fraction of sp³-hybridized carbons (Fsp3) is 0.391. The van der Waals surface area contributed by atoms with Gasteiger partial charge in [0.05, 0.1) is 5.37 Å². The Morgan fingerprint density at radius 2 is 1.52 bits per heavy atom. The third-order valence-corrected chi connectivity index (χ3v) is 7.25. The zero-order valence-electron chi connectivity index (χ0n) is 15.2. The Balaban J connectivity index is 1.76. The Labute approximate surface area is 156 Å². The number of benzene rings is 2. The minimum Gasteiger partial charge on any atom is -0.331 e. The molecule has 0 radical (unpaired) electrons. The Morgan fingerprint density at radius 1 is 0.840 bits per heavy atom. The third kappa shape index (κ3) is 3.25. The first-order valence-electron chi connectivity index (χ1n) is 9.53. The molecule has 1 heterocycles. The lowest BCUT2D eigenvalue weighted by molar-refractivity contribution is 0.349. The number of aryl methyl sites for hydroxylation is 1. The number of para-hydroxylation sites is 1. The second kappa shape index (κ2) is 7.29. The van der Waals surface area contributed by atoms with Gasteiger partial charge in [0, 0.05) is 16.3 Å². The van der Waals surface area contributed by atoms with Crippen LogP contribution in [-0.2, 0) is 0 Å². The number of hydrogen-bond acceptors (Lipinski definition) is 2. The molecule has 0 aromatic heterocycles. The molecule has 1 aliphatic carbocycles. The predicted molar refractivity (Wildman–Crippen MR) is 111 cm³/mol. The molecule has 1 nitrogen and oxygen atoms in total. The van der Waals surface area contributed by atoms with E-state index in [1.54, 1.807) is 0 Å². The summed E-state index contributed by atoms with van der Waals surface area (Å²) in [5.74, 6) is 0.787. The van der Waals surface area contributed by atoms with Crippen molar-refractivity contribution in [2.24, 2.45) is 5.92 Å². The molecular formula is C23H27NS. The van der Waals surface area contributed by atoms with E-state index < -0.39 is 0 Å². The highest BCUT2D eigenvalue weighted by atomic mass is 32.2. The molecule has 1 atom stereocenters. The summed E-state index contributed by atoms with van der Waals surface area (Å²) in [7, 11) is 0. The lowest BCUT2D eigenvalue weighted by Crippen LogP contribution is -2.35. The molecule has 4 rings (SSSR count). The highest BCUT2D eigenvalue weighted by molar-refractivity contribution is 8.09. The Kier molecular flexibility index (Phi) is 4.89. The van der Waals surface area contributed by atoms with Crippen molar-refractivity contribution in [2.45, 2.75) is 51.3 Å². The van der Waals surface area contributed by atoms with E-state index in [0.717, 1.165) is 5.92 Å². The highest BCUT2D eigenvalue weighted by Gasteiger charge is 2.38. The van der Waals surface area contributed by atoms with Gasteiger partial charge in [0.1, 0.15) is 0 Å². The molecule has 2 aromatic rings. The Bertz CT molecular complexity index is 759. The summed E-state index contributed by atoms with van der Waals surface area (Å²) in [5.41, 5.74) is 5.54. The maximum absolute atomic E-state index is 2.64. The number of nitrogens with zero attached hydrogens (tertiary/aromatic N) is 1. The van der Waals surface area contributed by atoms with Crippen molar-refractivity contribution in [3.63, 3.8) is 0 Å². The Hall–Kier alpha value is -1.67. The summed E-state index contributed by atoms with van der Waals surface area (Å²) < 4.78 is 0. The fourth-order valence-corrected chi connectivity index (χ4v) is 5.93. The topological polar surface area (TPSA) is 3.24 Å². The second-order valence-corrected chi connectivity index (χ2v) is 8.47. The largest absolute Gasteiger partial charge is 0.331 e. The van der Waals surface area contributed by atoms with Crippen LogP contribution in [0.3, 0.4) is 0 Å². The molecule has 1 unspecified atom stereocenters. The minimum absolute atomic E-state index is 0.539. The summed E-state index contributed by atoms with van der Waals surface area (Å²) in [5, 5.41) is 0.539. The predicted octanol–water partition coefficient (Wildman–Crippen LogP) is 6.84. The van der Waals surface area contributed by atoms with E-state index in [0.29, 0.717) is 5.37 Å². The smallest absolute Gasteiger partial charge is 0.0871 e. The van der Waals surface area contributed by atoms with Crippen molar-refractivity contribution < 1.29 is 0 Å². The number of allylic oxidation sites excluding steroid dienone is 1. The first kappa shape index (κ1) is 16.8. The zero-order valence-corrected chi connectivity index (χ0v) is 16.1. The molecule has 25 heavy (non-hydrogen) atoms. The number of anilines is 1. The second-order valence-electron chi connectivity index (χ2n) is 7.34. The Morgan fingerprint density at radius 3 is 2.24 bits per heavy atom. The van der Waals surface area contributed by atoms with Crippen molar-refractivity contribution in [1.82, 2.24) is 0 Å². The summed E-state index contributed by atoms with van der Waals surface area (Å²) in [6, 6.07) is 19.8. The van der Waals surface area contributed by atoms with Crippen molar-refractivity contribution in [2.75, 3.05) is 4.90 Å². The van der Waals surface area contributed by atoms with E-state index in [4.69, 9.17) is 0 Å². The molecule has 2 aromatic carbocycles. The quantitative estimate of drug-likeness (QED) is 0.596. The first-order chi connectivity index (χ1) is 12.3. The van der Waals surface area contributed by atoms with Gasteiger partial charge in [0.25, 0.3) is 0 Å². The average Bonchev–Trinajstić information content (AvgIpc) is 3.01. The summed E-state index contributed by atoms with van der Waals surface area (Å²) in [6.07, 6.45) is 6.94. The molecular weight excluding hydrogens is 322 g/mol. The van der Waals surface area contributed by atoms with Crippen LogP contribution in [0.15, 0.2) is 60.3 Å². The van der Waals surface area contributed by atoms with Gasteiger partial charge < -0.3 is 4.90 Å². The van der Waals surface area contributed by atoms with Crippen LogP contribution in [-0.4, -0.2) is 5.37 Å². The SMILES string of the molecule is CC1=C(c2ccccc2)SC(C2CCCCC2)N1c1ccccc1C. The van der Waals surface area contributed by atoms with E-state index >= 15 is 0 Å². The summed E-state index contributed by atoms with van der Waals surface area (Å²) in [6.45, 7) is 4.55. The molecule has 2 aliphatic rings. The van der Waals surface area contributed by atoms with Gasteiger partial charge in [-0.25, -0.2) is 0 Å².